The summed E-state index contributed by atoms with van der Waals surface area (Å²) >= 11 is 1.37. The minimum Gasteiger partial charge on any atom is -0.376 e. The molecule has 3 heterocycles. The number of hydrogen-bond acceptors (Lipinski definition) is 7. The third-order valence-electron chi connectivity index (χ3n) is 6.33. The van der Waals surface area contributed by atoms with Crippen LogP contribution in [0.2, 0.25) is 0 Å². The normalized spacial score (nSPS) is 24.6. The van der Waals surface area contributed by atoms with Gasteiger partial charge in [-0.2, -0.15) is 0 Å². The average molecular weight is 477 g/mol. The summed E-state index contributed by atoms with van der Waals surface area (Å²) in [5.74, 6) is 1.69. The van der Waals surface area contributed by atoms with E-state index in [0.29, 0.717) is 30.6 Å². The quantitative estimate of drug-likeness (QED) is 0.540. The Hall–Kier alpha value is -1.91. The fourth-order valence-corrected chi connectivity index (χ4v) is 7.07. The molecule has 2 saturated heterocycles. The summed E-state index contributed by atoms with van der Waals surface area (Å²) in [7, 11) is -3.08. The van der Waals surface area contributed by atoms with Gasteiger partial charge in [-0.25, -0.2) is 8.42 Å². The van der Waals surface area contributed by atoms with Crippen molar-refractivity contribution in [3.8, 4) is 5.69 Å². The molecule has 10 heteroatoms. The topological polar surface area (TPSA) is 94.4 Å². The summed E-state index contributed by atoms with van der Waals surface area (Å²) in [4.78, 5) is 15.0. The van der Waals surface area contributed by atoms with E-state index in [1.807, 2.05) is 30.3 Å². The maximum Gasteiger partial charge on any atom is 0.233 e. The van der Waals surface area contributed by atoms with E-state index in [1.54, 1.807) is 4.90 Å². The van der Waals surface area contributed by atoms with Crippen LogP contribution in [0.4, 0.5) is 0 Å². The molecule has 2 aliphatic heterocycles. The predicted octanol–water partition coefficient (Wildman–Crippen LogP) is 2.43. The molecule has 2 aromatic rings. The molecule has 0 unspecified atom stereocenters. The molecule has 2 atom stereocenters. The summed E-state index contributed by atoms with van der Waals surface area (Å²) in [6.45, 7) is 1.16. The Balaban J connectivity index is 1.33. The first-order valence-corrected chi connectivity index (χ1v) is 14.1. The average Bonchev–Trinajstić information content (AvgIpc) is 3.18. The lowest BCUT2D eigenvalue weighted by atomic mass is 10.1. The van der Waals surface area contributed by atoms with Gasteiger partial charge < -0.3 is 9.64 Å². The van der Waals surface area contributed by atoms with Crippen LogP contribution in [0, 0.1) is 0 Å². The largest absolute Gasteiger partial charge is 0.376 e. The molecule has 0 radical (unpaired) electrons. The van der Waals surface area contributed by atoms with Gasteiger partial charge in [0.25, 0.3) is 0 Å². The fourth-order valence-electron chi connectivity index (χ4n) is 4.49. The number of carbonyl (C=O) groups excluding carboxylic acids is 1. The Morgan fingerprint density at radius 3 is 2.62 bits per heavy atom. The summed E-state index contributed by atoms with van der Waals surface area (Å²) < 4.78 is 31.9. The second-order valence-electron chi connectivity index (χ2n) is 8.81. The highest BCUT2D eigenvalue weighted by molar-refractivity contribution is 7.99. The van der Waals surface area contributed by atoms with Crippen molar-refractivity contribution in [3.05, 3.63) is 36.2 Å². The van der Waals surface area contributed by atoms with E-state index in [9.17, 15) is 13.2 Å². The Morgan fingerprint density at radius 2 is 1.97 bits per heavy atom. The third-order valence-corrected chi connectivity index (χ3v) is 9.00. The van der Waals surface area contributed by atoms with E-state index in [0.717, 1.165) is 37.2 Å². The predicted molar refractivity (Wildman–Crippen MR) is 122 cm³/mol. The zero-order valence-corrected chi connectivity index (χ0v) is 19.6. The monoisotopic (exact) mass is 476 g/mol. The van der Waals surface area contributed by atoms with Crippen LogP contribution in [-0.4, -0.2) is 76.5 Å². The summed E-state index contributed by atoms with van der Waals surface area (Å²) in [5, 5.41) is 9.52. The smallest absolute Gasteiger partial charge is 0.233 e. The van der Waals surface area contributed by atoms with Crippen LogP contribution in [-0.2, 0) is 19.4 Å². The molecule has 1 amide bonds. The van der Waals surface area contributed by atoms with Crippen molar-refractivity contribution in [2.45, 2.75) is 55.3 Å². The van der Waals surface area contributed by atoms with Crippen molar-refractivity contribution in [1.82, 2.24) is 19.7 Å². The SMILES string of the molecule is O=C(CSc1nnc(C2CC2)n1-c1ccccc1)N(C[C@H]1CCCO1)[C@@H]1CCS(=O)(=O)C1. The maximum atomic E-state index is 13.3. The molecule has 172 valence electrons. The van der Waals surface area contributed by atoms with Gasteiger partial charge in [0.2, 0.25) is 5.91 Å². The van der Waals surface area contributed by atoms with Crippen LogP contribution in [0.1, 0.15) is 43.8 Å². The highest BCUT2D eigenvalue weighted by Crippen LogP contribution is 2.41. The molecule has 8 nitrogen and oxygen atoms in total. The molecule has 1 aromatic carbocycles. The van der Waals surface area contributed by atoms with Gasteiger partial charge in [-0.1, -0.05) is 30.0 Å². The number of ether oxygens (including phenoxy) is 1. The zero-order chi connectivity index (χ0) is 22.1. The molecule has 5 rings (SSSR count). The van der Waals surface area contributed by atoms with E-state index in [4.69, 9.17) is 4.74 Å². The number of para-hydroxylation sites is 1. The number of hydrogen-bond donors (Lipinski definition) is 0. The second kappa shape index (κ2) is 9.15. The number of carbonyl (C=O) groups is 1. The maximum absolute atomic E-state index is 13.3. The number of thioether (sulfide) groups is 1. The molecule has 32 heavy (non-hydrogen) atoms. The van der Waals surface area contributed by atoms with Crippen molar-refractivity contribution >= 4 is 27.5 Å². The van der Waals surface area contributed by atoms with E-state index < -0.39 is 9.84 Å². The van der Waals surface area contributed by atoms with Crippen LogP contribution in [0.25, 0.3) is 5.69 Å². The van der Waals surface area contributed by atoms with E-state index in [-0.39, 0.29) is 35.3 Å². The first-order valence-electron chi connectivity index (χ1n) is 11.3. The van der Waals surface area contributed by atoms with Crippen molar-refractivity contribution in [3.63, 3.8) is 0 Å². The van der Waals surface area contributed by atoms with E-state index >= 15 is 0 Å². The second-order valence-corrected chi connectivity index (χ2v) is 12.0. The number of sulfone groups is 1. The molecule has 3 fully saturated rings. The highest BCUT2D eigenvalue weighted by atomic mass is 32.2. The van der Waals surface area contributed by atoms with Crippen molar-refractivity contribution < 1.29 is 17.9 Å². The Labute approximate surface area is 192 Å². The highest BCUT2D eigenvalue weighted by Gasteiger charge is 2.37. The lowest BCUT2D eigenvalue weighted by Crippen LogP contribution is -2.46. The van der Waals surface area contributed by atoms with E-state index in [1.165, 1.54) is 11.8 Å². The molecule has 0 N–H and O–H groups in total. The third kappa shape index (κ3) is 4.87. The number of amides is 1. The Kier molecular flexibility index (Phi) is 6.26. The first-order chi connectivity index (χ1) is 15.5. The molecule has 0 spiro atoms. The molecule has 1 saturated carbocycles. The van der Waals surface area contributed by atoms with Gasteiger partial charge in [0, 0.05) is 30.8 Å². The van der Waals surface area contributed by atoms with Gasteiger partial charge in [-0.15, -0.1) is 10.2 Å². The van der Waals surface area contributed by atoms with Crippen molar-refractivity contribution in [2.24, 2.45) is 0 Å². The van der Waals surface area contributed by atoms with Crippen molar-refractivity contribution in [1.29, 1.82) is 0 Å². The standard InChI is InChI=1S/C22H28N4O4S2/c27-20(25(13-19-7-4-11-30-19)18-10-12-32(28,29)15-18)14-31-22-24-23-21(16-8-9-16)26(22)17-5-2-1-3-6-17/h1-3,5-6,16,18-19H,4,7-15H2/t18-,19-/m1/s1. The number of rotatable bonds is 8. The van der Waals surface area contributed by atoms with Crippen LogP contribution in [0.15, 0.2) is 35.5 Å². The minimum atomic E-state index is -3.08. The molecule has 1 aromatic heterocycles. The lowest BCUT2D eigenvalue weighted by Gasteiger charge is -2.30. The summed E-state index contributed by atoms with van der Waals surface area (Å²) in [6, 6.07) is 9.71. The summed E-state index contributed by atoms with van der Waals surface area (Å²) in [6.07, 6.45) is 4.59. The van der Waals surface area contributed by atoms with Gasteiger partial charge in [-0.3, -0.25) is 9.36 Å². The Morgan fingerprint density at radius 1 is 1.16 bits per heavy atom. The fraction of sp³-hybridized carbons (Fsp3) is 0.591. The molecule has 1 aliphatic carbocycles. The molecular formula is C22H28N4O4S2. The van der Waals surface area contributed by atoms with Gasteiger partial charge in [0.15, 0.2) is 15.0 Å². The van der Waals surface area contributed by atoms with Gasteiger partial charge in [-0.05, 0) is 44.2 Å². The number of nitrogens with zero attached hydrogens (tertiary/aromatic N) is 4. The molecule has 0 bridgehead atoms. The lowest BCUT2D eigenvalue weighted by molar-refractivity contribution is -0.131. The number of aromatic nitrogens is 3. The van der Waals surface area contributed by atoms with Crippen LogP contribution in [0.3, 0.4) is 0 Å². The Bertz CT molecular complexity index is 1060. The molecular weight excluding hydrogens is 448 g/mol. The first kappa shape index (κ1) is 21.9. The van der Waals surface area contributed by atoms with Gasteiger partial charge in [0.05, 0.1) is 23.4 Å². The zero-order valence-electron chi connectivity index (χ0n) is 17.9. The van der Waals surface area contributed by atoms with Gasteiger partial charge >= 0.3 is 0 Å². The van der Waals surface area contributed by atoms with Crippen LogP contribution in [0.5, 0.6) is 0 Å². The van der Waals surface area contributed by atoms with Crippen LogP contribution < -0.4 is 0 Å². The number of benzene rings is 1. The van der Waals surface area contributed by atoms with Crippen molar-refractivity contribution in [2.75, 3.05) is 30.4 Å². The minimum absolute atomic E-state index is 0.0123. The summed E-state index contributed by atoms with van der Waals surface area (Å²) in [5.41, 5.74) is 0.993. The molecule has 3 aliphatic rings. The van der Waals surface area contributed by atoms with Crippen LogP contribution >= 0.6 is 11.8 Å². The van der Waals surface area contributed by atoms with Gasteiger partial charge in [0.1, 0.15) is 5.82 Å². The van der Waals surface area contributed by atoms with E-state index in [2.05, 4.69) is 14.8 Å².